The molecule has 0 saturated carbocycles. The summed E-state index contributed by atoms with van der Waals surface area (Å²) in [6.07, 6.45) is -1.45. The summed E-state index contributed by atoms with van der Waals surface area (Å²) in [6, 6.07) is 5.35. The highest BCUT2D eigenvalue weighted by Gasteiger charge is 2.34. The second kappa shape index (κ2) is 6.47. The number of piperidine rings is 1. The van der Waals surface area contributed by atoms with Crippen LogP contribution in [0.3, 0.4) is 0 Å². The topological polar surface area (TPSA) is 41.1 Å². The van der Waals surface area contributed by atoms with Gasteiger partial charge in [-0.05, 0) is 31.9 Å². The molecular formula is C15H19F3N2O. The molecule has 1 aliphatic rings. The van der Waals surface area contributed by atoms with Crippen molar-refractivity contribution in [2.75, 3.05) is 6.54 Å². The lowest BCUT2D eigenvalue weighted by Gasteiger charge is -2.29. The van der Waals surface area contributed by atoms with Crippen LogP contribution in [-0.2, 0) is 6.18 Å². The first-order valence-corrected chi connectivity index (χ1v) is 7.08. The summed E-state index contributed by atoms with van der Waals surface area (Å²) < 4.78 is 38.6. The summed E-state index contributed by atoms with van der Waals surface area (Å²) in [5.74, 6) is -0.678. The second-order valence-corrected chi connectivity index (χ2v) is 5.45. The molecule has 1 saturated heterocycles. The molecular weight excluding hydrogens is 281 g/mol. The fourth-order valence-corrected chi connectivity index (χ4v) is 2.64. The van der Waals surface area contributed by atoms with Crippen LogP contribution in [0.15, 0.2) is 24.3 Å². The monoisotopic (exact) mass is 300 g/mol. The first-order chi connectivity index (χ1) is 9.88. The van der Waals surface area contributed by atoms with Crippen LogP contribution >= 0.6 is 0 Å². The molecule has 1 fully saturated rings. The summed E-state index contributed by atoms with van der Waals surface area (Å²) in [7, 11) is 0. The summed E-state index contributed by atoms with van der Waals surface area (Å²) >= 11 is 0. The molecule has 1 amide bonds. The van der Waals surface area contributed by atoms with Gasteiger partial charge in [-0.25, -0.2) is 0 Å². The molecule has 0 radical (unpaired) electrons. The van der Waals surface area contributed by atoms with Crippen molar-refractivity contribution in [2.24, 2.45) is 0 Å². The Morgan fingerprint density at radius 3 is 2.71 bits per heavy atom. The van der Waals surface area contributed by atoms with Crippen molar-refractivity contribution in [1.82, 2.24) is 10.6 Å². The molecule has 21 heavy (non-hydrogen) atoms. The van der Waals surface area contributed by atoms with Gasteiger partial charge in [0.25, 0.3) is 5.91 Å². The van der Waals surface area contributed by atoms with E-state index in [0.717, 1.165) is 25.3 Å². The number of benzene rings is 1. The Morgan fingerprint density at radius 1 is 1.33 bits per heavy atom. The van der Waals surface area contributed by atoms with E-state index in [9.17, 15) is 18.0 Å². The highest BCUT2D eigenvalue weighted by Crippen LogP contribution is 2.31. The Morgan fingerprint density at radius 2 is 2.05 bits per heavy atom. The maximum atomic E-state index is 12.9. The van der Waals surface area contributed by atoms with Crippen LogP contribution < -0.4 is 10.6 Å². The fraction of sp³-hybridized carbons (Fsp3) is 0.533. The van der Waals surface area contributed by atoms with Crippen molar-refractivity contribution in [1.29, 1.82) is 0 Å². The van der Waals surface area contributed by atoms with Gasteiger partial charge in [0.1, 0.15) is 0 Å². The van der Waals surface area contributed by atoms with Crippen LogP contribution in [-0.4, -0.2) is 24.5 Å². The lowest BCUT2D eigenvalue weighted by molar-refractivity contribution is -0.137. The molecule has 1 aromatic carbocycles. The number of alkyl halides is 3. The average Bonchev–Trinajstić information content (AvgIpc) is 2.44. The van der Waals surface area contributed by atoms with E-state index in [1.807, 2.05) is 0 Å². The van der Waals surface area contributed by atoms with Crippen LogP contribution in [0.5, 0.6) is 0 Å². The van der Waals surface area contributed by atoms with Crippen LogP contribution in [0.2, 0.25) is 0 Å². The number of hydrogen-bond acceptors (Lipinski definition) is 2. The molecule has 1 aromatic rings. The highest BCUT2D eigenvalue weighted by atomic mass is 19.4. The van der Waals surface area contributed by atoms with Gasteiger partial charge in [-0.3, -0.25) is 4.79 Å². The number of hydrogen-bond donors (Lipinski definition) is 2. The largest absolute Gasteiger partial charge is 0.417 e. The lowest BCUT2D eigenvalue weighted by atomic mass is 9.99. The first-order valence-electron chi connectivity index (χ1n) is 7.08. The molecule has 6 heteroatoms. The minimum Gasteiger partial charge on any atom is -0.350 e. The highest BCUT2D eigenvalue weighted by molar-refractivity contribution is 5.95. The van der Waals surface area contributed by atoms with Crippen molar-refractivity contribution in [3.63, 3.8) is 0 Å². The summed E-state index contributed by atoms with van der Waals surface area (Å²) in [5.41, 5.74) is -1.22. The van der Waals surface area contributed by atoms with Crippen molar-refractivity contribution in [3.05, 3.63) is 35.4 Å². The fourth-order valence-electron chi connectivity index (χ4n) is 2.64. The normalized spacial score (nSPS) is 22.9. The van der Waals surface area contributed by atoms with E-state index in [1.54, 1.807) is 0 Å². The van der Waals surface area contributed by atoms with Gasteiger partial charge in [-0.15, -0.1) is 0 Å². The van der Waals surface area contributed by atoms with Crippen molar-refractivity contribution < 1.29 is 18.0 Å². The van der Waals surface area contributed by atoms with Gasteiger partial charge in [0.15, 0.2) is 0 Å². The third-order valence-electron chi connectivity index (χ3n) is 3.70. The minimum absolute atomic E-state index is 0.121. The smallest absolute Gasteiger partial charge is 0.350 e. The van der Waals surface area contributed by atoms with Gasteiger partial charge in [0.05, 0.1) is 11.1 Å². The maximum absolute atomic E-state index is 12.9. The molecule has 0 aromatic heterocycles. The average molecular weight is 300 g/mol. The van der Waals surface area contributed by atoms with E-state index >= 15 is 0 Å². The Hall–Kier alpha value is -1.56. The molecule has 116 valence electrons. The molecule has 2 N–H and O–H groups in total. The number of amides is 1. The molecule has 1 heterocycles. The summed E-state index contributed by atoms with van der Waals surface area (Å²) in [6.45, 7) is 2.41. The molecule has 2 unspecified atom stereocenters. The zero-order chi connectivity index (χ0) is 15.5. The Kier molecular flexibility index (Phi) is 4.88. The van der Waals surface area contributed by atoms with E-state index < -0.39 is 17.6 Å². The summed E-state index contributed by atoms with van der Waals surface area (Å²) in [5, 5.41) is 5.93. The van der Waals surface area contributed by atoms with E-state index in [0.29, 0.717) is 12.6 Å². The van der Waals surface area contributed by atoms with Crippen LogP contribution in [0, 0.1) is 0 Å². The van der Waals surface area contributed by atoms with Gasteiger partial charge in [-0.1, -0.05) is 18.6 Å². The van der Waals surface area contributed by atoms with E-state index in [1.165, 1.54) is 18.2 Å². The molecule has 2 atom stereocenters. The molecule has 0 bridgehead atoms. The van der Waals surface area contributed by atoms with Crippen molar-refractivity contribution in [2.45, 2.75) is 44.4 Å². The maximum Gasteiger partial charge on any atom is 0.417 e. The Balaban J connectivity index is 2.01. The molecule has 3 nitrogen and oxygen atoms in total. The molecule has 2 rings (SSSR count). The number of nitrogens with one attached hydrogen (secondary N) is 2. The van der Waals surface area contributed by atoms with Gasteiger partial charge < -0.3 is 10.6 Å². The van der Waals surface area contributed by atoms with E-state index in [2.05, 4.69) is 17.6 Å². The van der Waals surface area contributed by atoms with Crippen LogP contribution in [0.4, 0.5) is 13.2 Å². The molecule has 1 aliphatic heterocycles. The van der Waals surface area contributed by atoms with Gasteiger partial charge in [0.2, 0.25) is 0 Å². The number of carbonyl (C=O) groups excluding carboxylic acids is 1. The minimum atomic E-state index is -4.52. The third-order valence-corrected chi connectivity index (χ3v) is 3.70. The van der Waals surface area contributed by atoms with Crippen LogP contribution in [0.25, 0.3) is 0 Å². The first kappa shape index (κ1) is 15.8. The third kappa shape index (κ3) is 4.20. The van der Waals surface area contributed by atoms with E-state index in [-0.39, 0.29) is 11.6 Å². The van der Waals surface area contributed by atoms with E-state index in [4.69, 9.17) is 0 Å². The number of rotatable bonds is 3. The zero-order valence-corrected chi connectivity index (χ0v) is 11.8. The van der Waals surface area contributed by atoms with Crippen LogP contribution in [0.1, 0.15) is 42.1 Å². The Labute approximate surface area is 121 Å². The number of halogens is 3. The number of carbonyl (C=O) groups is 1. The lowest BCUT2D eigenvalue weighted by Crippen LogP contribution is -2.47. The molecule has 0 aliphatic carbocycles. The molecule has 0 spiro atoms. The predicted molar refractivity (Wildman–Crippen MR) is 74.0 cm³/mol. The standard InChI is InChI=1S/C15H19F3N2O/c1-10-5-4-6-11(20-10)9-19-14(21)12-7-2-3-8-13(12)15(16,17)18/h2-3,7-8,10-11,20H,4-6,9H2,1H3,(H,19,21). The zero-order valence-electron chi connectivity index (χ0n) is 11.8. The predicted octanol–water partition coefficient (Wildman–Crippen LogP) is 2.97. The van der Waals surface area contributed by atoms with Gasteiger partial charge >= 0.3 is 6.18 Å². The quantitative estimate of drug-likeness (QED) is 0.901. The summed E-state index contributed by atoms with van der Waals surface area (Å²) in [4.78, 5) is 12.0. The van der Waals surface area contributed by atoms with Gasteiger partial charge in [-0.2, -0.15) is 13.2 Å². The SMILES string of the molecule is CC1CCCC(CNC(=O)c2ccccc2C(F)(F)F)N1. The Bertz CT molecular complexity index is 502. The van der Waals surface area contributed by atoms with Crippen molar-refractivity contribution in [3.8, 4) is 0 Å². The van der Waals surface area contributed by atoms with Gasteiger partial charge in [0, 0.05) is 18.6 Å². The second-order valence-electron chi connectivity index (χ2n) is 5.45. The van der Waals surface area contributed by atoms with Crippen molar-refractivity contribution >= 4 is 5.91 Å².